The van der Waals surface area contributed by atoms with Gasteiger partial charge in [-0.05, 0) is 24.3 Å². The Kier molecular flexibility index (Phi) is 2.95. The van der Waals surface area contributed by atoms with Gasteiger partial charge in [0.15, 0.2) is 0 Å². The van der Waals surface area contributed by atoms with E-state index in [0.29, 0.717) is 5.56 Å². The van der Waals surface area contributed by atoms with E-state index in [-0.39, 0.29) is 10.7 Å². The average molecular weight is 221 g/mol. The van der Waals surface area contributed by atoms with Crippen molar-refractivity contribution in [3.8, 4) is 5.75 Å². The molecule has 0 unspecified atom stereocenters. The normalized spacial score (nSPS) is 11.1. The first-order valence-corrected chi connectivity index (χ1v) is 3.95. The molecular formula is C8H6F3NOS. The van der Waals surface area contributed by atoms with Crippen molar-refractivity contribution >= 4 is 17.2 Å². The number of benzene rings is 1. The summed E-state index contributed by atoms with van der Waals surface area (Å²) in [5.74, 6) is -0.294. The lowest BCUT2D eigenvalue weighted by molar-refractivity contribution is -0.274. The fourth-order valence-corrected chi connectivity index (χ4v) is 0.957. The highest BCUT2D eigenvalue weighted by molar-refractivity contribution is 7.80. The van der Waals surface area contributed by atoms with Gasteiger partial charge in [-0.15, -0.1) is 13.2 Å². The maximum absolute atomic E-state index is 11.7. The minimum atomic E-state index is -4.68. The molecule has 0 aliphatic rings. The van der Waals surface area contributed by atoms with E-state index in [1.807, 2.05) is 0 Å². The number of hydrogen-bond donors (Lipinski definition) is 1. The van der Waals surface area contributed by atoms with Crippen LogP contribution in [0.15, 0.2) is 24.3 Å². The quantitative estimate of drug-likeness (QED) is 0.778. The Morgan fingerprint density at radius 2 is 1.71 bits per heavy atom. The predicted molar refractivity (Wildman–Crippen MR) is 49.0 cm³/mol. The minimum absolute atomic E-state index is 0.128. The predicted octanol–water partition coefficient (Wildman–Crippen LogP) is 2.22. The molecule has 0 bridgehead atoms. The number of hydrogen-bond acceptors (Lipinski definition) is 2. The second kappa shape index (κ2) is 3.83. The standard InChI is InChI=1S/C8H6F3NOS/c9-8(10,11)13-6-3-1-5(2-4-6)7(12)14/h1-4H,(H2,12,14). The second-order valence-corrected chi connectivity index (χ2v) is 2.88. The van der Waals surface area contributed by atoms with E-state index in [1.165, 1.54) is 12.1 Å². The molecule has 0 heterocycles. The minimum Gasteiger partial charge on any atom is -0.406 e. The Morgan fingerprint density at radius 1 is 1.21 bits per heavy atom. The number of rotatable bonds is 2. The molecule has 6 heteroatoms. The van der Waals surface area contributed by atoms with Crippen molar-refractivity contribution in [3.05, 3.63) is 29.8 Å². The van der Waals surface area contributed by atoms with Crippen molar-refractivity contribution in [2.24, 2.45) is 5.73 Å². The smallest absolute Gasteiger partial charge is 0.406 e. The summed E-state index contributed by atoms with van der Waals surface area (Å²) in [7, 11) is 0. The first-order valence-electron chi connectivity index (χ1n) is 3.54. The molecule has 2 N–H and O–H groups in total. The summed E-state index contributed by atoms with van der Waals surface area (Å²) in [6.45, 7) is 0. The molecule has 0 saturated carbocycles. The Morgan fingerprint density at radius 3 is 2.07 bits per heavy atom. The average Bonchev–Trinajstić information content (AvgIpc) is 2.02. The zero-order valence-electron chi connectivity index (χ0n) is 6.84. The van der Waals surface area contributed by atoms with Gasteiger partial charge in [0.05, 0.1) is 0 Å². The Balaban J connectivity index is 2.79. The van der Waals surface area contributed by atoms with Gasteiger partial charge >= 0.3 is 6.36 Å². The zero-order chi connectivity index (χ0) is 10.8. The molecule has 0 aliphatic heterocycles. The Bertz CT molecular complexity index is 333. The van der Waals surface area contributed by atoms with Gasteiger partial charge in [0.2, 0.25) is 0 Å². The van der Waals surface area contributed by atoms with Crippen LogP contribution in [0, 0.1) is 0 Å². The van der Waals surface area contributed by atoms with Crippen LogP contribution in [0.5, 0.6) is 5.75 Å². The number of alkyl halides is 3. The monoisotopic (exact) mass is 221 g/mol. The van der Waals surface area contributed by atoms with Crippen LogP contribution < -0.4 is 10.5 Å². The van der Waals surface area contributed by atoms with E-state index in [4.69, 9.17) is 5.73 Å². The van der Waals surface area contributed by atoms with Gasteiger partial charge in [0.25, 0.3) is 0 Å². The summed E-state index contributed by atoms with van der Waals surface area (Å²) < 4.78 is 38.8. The molecule has 0 spiro atoms. The lowest BCUT2D eigenvalue weighted by atomic mass is 10.2. The highest BCUT2D eigenvalue weighted by Gasteiger charge is 2.30. The number of halogens is 3. The molecule has 0 aliphatic carbocycles. The fourth-order valence-electron chi connectivity index (χ4n) is 0.821. The summed E-state index contributed by atoms with van der Waals surface area (Å²) >= 11 is 4.63. The van der Waals surface area contributed by atoms with Crippen LogP contribution in [0.4, 0.5) is 13.2 Å². The third-order valence-electron chi connectivity index (χ3n) is 1.37. The maximum Gasteiger partial charge on any atom is 0.573 e. The lowest BCUT2D eigenvalue weighted by Gasteiger charge is -2.08. The highest BCUT2D eigenvalue weighted by Crippen LogP contribution is 2.22. The fraction of sp³-hybridized carbons (Fsp3) is 0.125. The van der Waals surface area contributed by atoms with Crippen molar-refractivity contribution < 1.29 is 17.9 Å². The summed E-state index contributed by atoms with van der Waals surface area (Å²) in [5.41, 5.74) is 5.75. The summed E-state index contributed by atoms with van der Waals surface area (Å²) in [6.07, 6.45) is -4.68. The van der Waals surface area contributed by atoms with Crippen molar-refractivity contribution in [1.29, 1.82) is 0 Å². The van der Waals surface area contributed by atoms with Crippen molar-refractivity contribution in [2.45, 2.75) is 6.36 Å². The van der Waals surface area contributed by atoms with Gasteiger partial charge in [-0.2, -0.15) is 0 Å². The Hall–Kier alpha value is -1.30. The maximum atomic E-state index is 11.7. The molecule has 0 radical (unpaired) electrons. The van der Waals surface area contributed by atoms with E-state index < -0.39 is 6.36 Å². The van der Waals surface area contributed by atoms with Gasteiger partial charge in [-0.25, -0.2) is 0 Å². The second-order valence-electron chi connectivity index (χ2n) is 2.44. The number of ether oxygens (including phenoxy) is 1. The third kappa shape index (κ3) is 3.21. The van der Waals surface area contributed by atoms with Crippen LogP contribution in [-0.4, -0.2) is 11.4 Å². The topological polar surface area (TPSA) is 35.2 Å². The molecule has 14 heavy (non-hydrogen) atoms. The molecule has 0 aromatic heterocycles. The van der Waals surface area contributed by atoms with Crippen molar-refractivity contribution in [3.63, 3.8) is 0 Å². The summed E-state index contributed by atoms with van der Waals surface area (Å²) in [5, 5.41) is 0. The van der Waals surface area contributed by atoms with Crippen LogP contribution in [0.1, 0.15) is 5.56 Å². The molecule has 0 fully saturated rings. The van der Waals surface area contributed by atoms with Crippen molar-refractivity contribution in [1.82, 2.24) is 0 Å². The van der Waals surface area contributed by atoms with E-state index >= 15 is 0 Å². The highest BCUT2D eigenvalue weighted by atomic mass is 32.1. The number of thiocarbonyl (C=S) groups is 1. The van der Waals surface area contributed by atoms with Crippen molar-refractivity contribution in [2.75, 3.05) is 0 Å². The Labute approximate surface area is 83.5 Å². The first kappa shape index (κ1) is 10.8. The zero-order valence-corrected chi connectivity index (χ0v) is 7.65. The van der Waals surface area contributed by atoms with Gasteiger partial charge in [-0.3, -0.25) is 0 Å². The molecule has 1 aromatic carbocycles. The largest absolute Gasteiger partial charge is 0.573 e. The van der Waals surface area contributed by atoms with Crippen LogP contribution in [-0.2, 0) is 0 Å². The first-order chi connectivity index (χ1) is 6.38. The van der Waals surface area contributed by atoms with Crippen LogP contribution in [0.25, 0.3) is 0 Å². The third-order valence-corrected chi connectivity index (χ3v) is 1.61. The van der Waals surface area contributed by atoms with Gasteiger partial charge in [0.1, 0.15) is 10.7 Å². The van der Waals surface area contributed by atoms with E-state index in [1.54, 1.807) is 0 Å². The van der Waals surface area contributed by atoms with Crippen LogP contribution in [0.2, 0.25) is 0 Å². The number of nitrogens with two attached hydrogens (primary N) is 1. The van der Waals surface area contributed by atoms with E-state index in [0.717, 1.165) is 12.1 Å². The molecule has 1 rings (SSSR count). The molecule has 0 amide bonds. The molecule has 76 valence electrons. The SMILES string of the molecule is NC(=S)c1ccc(OC(F)(F)F)cc1. The van der Waals surface area contributed by atoms with Crippen LogP contribution >= 0.6 is 12.2 Å². The molecular weight excluding hydrogens is 215 g/mol. The molecule has 2 nitrogen and oxygen atoms in total. The van der Waals surface area contributed by atoms with Gasteiger partial charge in [-0.1, -0.05) is 12.2 Å². The van der Waals surface area contributed by atoms with E-state index in [9.17, 15) is 13.2 Å². The molecule has 1 aromatic rings. The summed E-state index contributed by atoms with van der Waals surface area (Å²) in [6, 6.07) is 5.04. The van der Waals surface area contributed by atoms with Crippen LogP contribution in [0.3, 0.4) is 0 Å². The van der Waals surface area contributed by atoms with Gasteiger partial charge in [0, 0.05) is 5.56 Å². The van der Waals surface area contributed by atoms with Gasteiger partial charge < -0.3 is 10.5 Å². The lowest BCUT2D eigenvalue weighted by Crippen LogP contribution is -2.17. The molecule has 0 atom stereocenters. The van der Waals surface area contributed by atoms with E-state index in [2.05, 4.69) is 17.0 Å². The molecule has 0 saturated heterocycles. The summed E-state index contributed by atoms with van der Waals surface area (Å²) in [4.78, 5) is 0.128.